The second-order valence-electron chi connectivity index (χ2n) is 14.0. The average Bonchev–Trinajstić information content (AvgIpc) is 3.93. The van der Waals surface area contributed by atoms with Gasteiger partial charge in [-0.25, -0.2) is 9.98 Å². The van der Waals surface area contributed by atoms with Gasteiger partial charge in [0, 0.05) is 23.8 Å². The normalized spacial score (nSPS) is 16.6. The largest absolute Gasteiger partial charge is 0.359 e. The van der Waals surface area contributed by atoms with Gasteiger partial charge in [-0.15, -0.1) is 0 Å². The lowest BCUT2D eigenvalue weighted by Crippen LogP contribution is -2.15. The van der Waals surface area contributed by atoms with Crippen LogP contribution in [0.25, 0.3) is 34.9 Å². The minimum atomic E-state index is 0.903. The van der Waals surface area contributed by atoms with Gasteiger partial charge in [-0.3, -0.25) is 0 Å². The Bertz CT molecular complexity index is 2170. The van der Waals surface area contributed by atoms with Crippen LogP contribution >= 0.6 is 0 Å². The standard InChI is InChI=1S/C44H56N6/c1-13-29-21-45-39(23(29)7)41-26(10)31(15-3)36(48-41)19-35-25(9)34(18-6)44(47-35)43-28(12)33(17-5)38(50-43)20-37-32(16-4)27(11)42(49-37)40-24(8)30(14-2)22-46-40/h19-22,45-46,48-49H,13-18H2,1-12H3/b35-19-,38-20+. The molecule has 2 aliphatic heterocycles. The van der Waals surface area contributed by atoms with Gasteiger partial charge in [0.2, 0.25) is 0 Å². The fourth-order valence-electron chi connectivity index (χ4n) is 8.35. The van der Waals surface area contributed by atoms with E-state index in [0.29, 0.717) is 0 Å². The van der Waals surface area contributed by atoms with Crippen molar-refractivity contribution < 1.29 is 0 Å². The fraction of sp³-hybridized carbons (Fsp3) is 0.409. The zero-order valence-corrected chi connectivity index (χ0v) is 32.4. The molecule has 0 saturated carbocycles. The number of nitrogens with one attached hydrogen (secondary N) is 4. The van der Waals surface area contributed by atoms with Gasteiger partial charge in [-0.05, 0) is 159 Å². The number of hydrogen-bond acceptors (Lipinski definition) is 2. The quantitative estimate of drug-likeness (QED) is 0.123. The van der Waals surface area contributed by atoms with E-state index in [-0.39, 0.29) is 0 Å². The van der Waals surface area contributed by atoms with E-state index in [4.69, 9.17) is 9.98 Å². The van der Waals surface area contributed by atoms with Gasteiger partial charge >= 0.3 is 0 Å². The highest BCUT2D eigenvalue weighted by atomic mass is 14.9. The van der Waals surface area contributed by atoms with Gasteiger partial charge in [-0.1, -0.05) is 41.5 Å². The molecule has 0 atom stereocenters. The van der Waals surface area contributed by atoms with Crippen molar-refractivity contribution >= 4 is 23.6 Å². The fourth-order valence-corrected chi connectivity index (χ4v) is 8.35. The van der Waals surface area contributed by atoms with Crippen LogP contribution in [0, 0.1) is 27.7 Å². The molecule has 0 saturated heterocycles. The Kier molecular flexibility index (Phi) is 9.85. The van der Waals surface area contributed by atoms with Gasteiger partial charge in [0.1, 0.15) is 0 Å². The summed E-state index contributed by atoms with van der Waals surface area (Å²) < 4.78 is 0. The first-order valence-electron chi connectivity index (χ1n) is 18.8. The third kappa shape index (κ3) is 5.67. The summed E-state index contributed by atoms with van der Waals surface area (Å²) in [4.78, 5) is 25.5. The molecule has 262 valence electrons. The lowest BCUT2D eigenvalue weighted by Gasteiger charge is -2.07. The minimum absolute atomic E-state index is 0.903. The molecule has 6 rings (SSSR count). The van der Waals surface area contributed by atoms with E-state index in [1.165, 1.54) is 89.6 Å². The molecule has 0 spiro atoms. The predicted molar refractivity (Wildman–Crippen MR) is 214 cm³/mol. The molecule has 0 fully saturated rings. The van der Waals surface area contributed by atoms with E-state index < -0.39 is 0 Å². The van der Waals surface area contributed by atoms with Crippen molar-refractivity contribution in [3.63, 3.8) is 0 Å². The van der Waals surface area contributed by atoms with Crippen LogP contribution in [0.5, 0.6) is 0 Å². The summed E-state index contributed by atoms with van der Waals surface area (Å²) >= 11 is 0. The van der Waals surface area contributed by atoms with Crippen molar-refractivity contribution in [3.8, 4) is 22.8 Å². The van der Waals surface area contributed by atoms with E-state index >= 15 is 0 Å². The Labute approximate surface area is 299 Å². The van der Waals surface area contributed by atoms with Crippen molar-refractivity contribution in [2.24, 2.45) is 9.98 Å². The molecule has 0 radical (unpaired) electrons. The summed E-state index contributed by atoms with van der Waals surface area (Å²) in [6, 6.07) is 0. The molecule has 4 aromatic rings. The van der Waals surface area contributed by atoms with Crippen LogP contribution in [0.4, 0.5) is 0 Å². The highest BCUT2D eigenvalue weighted by molar-refractivity contribution is 6.55. The molecule has 6 nitrogen and oxygen atoms in total. The zero-order valence-electron chi connectivity index (χ0n) is 32.4. The molecular weight excluding hydrogens is 613 g/mol. The molecular formula is C44H56N6. The highest BCUT2D eigenvalue weighted by Crippen LogP contribution is 2.39. The van der Waals surface area contributed by atoms with Crippen molar-refractivity contribution in [2.45, 2.75) is 122 Å². The van der Waals surface area contributed by atoms with Crippen LogP contribution in [-0.4, -0.2) is 31.4 Å². The summed E-state index contributed by atoms with van der Waals surface area (Å²) in [5, 5.41) is 0. The zero-order chi connectivity index (χ0) is 36.0. The molecule has 4 aromatic heterocycles. The summed E-state index contributed by atoms with van der Waals surface area (Å²) in [6.45, 7) is 26.8. The van der Waals surface area contributed by atoms with Gasteiger partial charge in [0.15, 0.2) is 0 Å². The molecule has 50 heavy (non-hydrogen) atoms. The molecule has 0 bridgehead atoms. The molecule has 0 aliphatic carbocycles. The number of aliphatic imine (C=N–C) groups is 2. The van der Waals surface area contributed by atoms with Gasteiger partial charge in [-0.2, -0.15) is 0 Å². The topological polar surface area (TPSA) is 87.9 Å². The Morgan fingerprint density at radius 1 is 0.480 bits per heavy atom. The number of H-pyrrole nitrogens is 4. The van der Waals surface area contributed by atoms with E-state index in [1.807, 2.05) is 0 Å². The number of aromatic nitrogens is 4. The van der Waals surface area contributed by atoms with Crippen molar-refractivity contribution in [1.29, 1.82) is 0 Å². The van der Waals surface area contributed by atoms with Crippen LogP contribution in [0.2, 0.25) is 0 Å². The predicted octanol–water partition coefficient (Wildman–Crippen LogP) is 11.6. The second kappa shape index (κ2) is 14.0. The number of rotatable bonds is 11. The maximum atomic E-state index is 5.38. The van der Waals surface area contributed by atoms with Crippen LogP contribution in [0.1, 0.15) is 124 Å². The Hall–Kier alpha value is -4.58. The molecule has 6 heteroatoms. The molecule has 2 aliphatic rings. The maximum Gasteiger partial charge on any atom is 0.0931 e. The molecule has 6 heterocycles. The number of aryl methyl sites for hydroxylation is 2. The van der Waals surface area contributed by atoms with Crippen molar-refractivity contribution in [2.75, 3.05) is 0 Å². The number of aromatic amines is 4. The van der Waals surface area contributed by atoms with Crippen LogP contribution < -0.4 is 0 Å². The Balaban J connectivity index is 1.43. The first-order chi connectivity index (χ1) is 24.0. The van der Waals surface area contributed by atoms with Crippen molar-refractivity contribution in [1.82, 2.24) is 19.9 Å². The van der Waals surface area contributed by atoms with E-state index in [2.05, 4.69) is 128 Å². The molecule has 4 N–H and O–H groups in total. The van der Waals surface area contributed by atoms with E-state index in [1.54, 1.807) is 0 Å². The Morgan fingerprint density at radius 2 is 0.940 bits per heavy atom. The average molecular weight is 669 g/mol. The summed E-state index contributed by atoms with van der Waals surface area (Å²) in [5.74, 6) is 0. The first-order valence-corrected chi connectivity index (χ1v) is 18.8. The van der Waals surface area contributed by atoms with Crippen molar-refractivity contribution in [3.05, 3.63) is 102 Å². The third-order valence-electron chi connectivity index (χ3n) is 11.5. The van der Waals surface area contributed by atoms with E-state index in [9.17, 15) is 0 Å². The maximum absolute atomic E-state index is 5.38. The molecule has 0 unspecified atom stereocenters. The van der Waals surface area contributed by atoms with Gasteiger partial charge in [0.25, 0.3) is 0 Å². The number of nitrogens with zero attached hydrogens (tertiary/aromatic N) is 2. The summed E-state index contributed by atoms with van der Waals surface area (Å²) in [5.41, 5.74) is 26.8. The van der Waals surface area contributed by atoms with Crippen LogP contribution in [0.15, 0.2) is 56.1 Å². The monoisotopic (exact) mass is 668 g/mol. The molecule has 0 amide bonds. The molecule has 0 aromatic carbocycles. The lowest BCUT2D eigenvalue weighted by molar-refractivity contribution is 1.09. The summed E-state index contributed by atoms with van der Waals surface area (Å²) in [6.07, 6.45) is 14.6. The SMILES string of the molecule is CCC1=C(C)/C(=C/c2[nH]c(-c3[nH]cc(CC)c3C)c(C)c2CC)N=C1C1=N/C(=C/c2[nH]c(-c3[nH]cc(CC)c3C)c(C)c2CC)C(CC)=C1C. The second-order valence-corrected chi connectivity index (χ2v) is 14.0. The highest BCUT2D eigenvalue weighted by Gasteiger charge is 2.30. The van der Waals surface area contributed by atoms with Gasteiger partial charge < -0.3 is 19.9 Å². The lowest BCUT2D eigenvalue weighted by atomic mass is 9.95. The Morgan fingerprint density at radius 3 is 1.36 bits per heavy atom. The number of hydrogen-bond donors (Lipinski definition) is 4. The van der Waals surface area contributed by atoms with E-state index in [0.717, 1.165) is 72.7 Å². The summed E-state index contributed by atoms with van der Waals surface area (Å²) in [7, 11) is 0. The van der Waals surface area contributed by atoms with Crippen LogP contribution in [-0.2, 0) is 25.7 Å². The minimum Gasteiger partial charge on any atom is -0.359 e. The first kappa shape index (κ1) is 35.3. The van der Waals surface area contributed by atoms with Crippen LogP contribution in [0.3, 0.4) is 0 Å². The third-order valence-corrected chi connectivity index (χ3v) is 11.5. The van der Waals surface area contributed by atoms with Gasteiger partial charge in [0.05, 0.1) is 45.6 Å². The number of allylic oxidation sites excluding steroid dienone is 4. The smallest absolute Gasteiger partial charge is 0.0931 e.